The fourth-order valence-corrected chi connectivity index (χ4v) is 2.02. The van der Waals surface area contributed by atoms with Crippen LogP contribution in [0.1, 0.15) is 6.92 Å². The Hall–Kier alpha value is -2.76. The average molecular weight is 268 g/mol. The van der Waals surface area contributed by atoms with E-state index in [0.29, 0.717) is 17.0 Å². The van der Waals surface area contributed by atoms with E-state index >= 15 is 0 Å². The normalized spacial score (nSPS) is 10.8. The standard InChI is InChI=1S/C14H12N4O2/c1-2-17-9-15-13-12(14(17)19)16-11(8-18(13)20)10-6-4-3-5-7-10/h3-9H,2H2,1H3. The molecular weight excluding hydrogens is 256 g/mol. The predicted octanol–water partition coefficient (Wildman–Crippen LogP) is 1.11. The van der Waals surface area contributed by atoms with E-state index in [4.69, 9.17) is 0 Å². The van der Waals surface area contributed by atoms with Crippen LogP contribution in [0, 0.1) is 5.21 Å². The maximum Gasteiger partial charge on any atom is 0.359 e. The molecule has 3 rings (SSSR count). The highest BCUT2D eigenvalue weighted by Crippen LogP contribution is 2.15. The Labute approximate surface area is 114 Å². The lowest BCUT2D eigenvalue weighted by Crippen LogP contribution is -2.33. The van der Waals surface area contributed by atoms with Crippen LogP contribution in [0.2, 0.25) is 0 Å². The van der Waals surface area contributed by atoms with Crippen molar-refractivity contribution < 1.29 is 4.73 Å². The van der Waals surface area contributed by atoms with Crippen molar-refractivity contribution in [3.63, 3.8) is 0 Å². The van der Waals surface area contributed by atoms with Gasteiger partial charge in [0.05, 0.1) is 0 Å². The van der Waals surface area contributed by atoms with Crippen molar-refractivity contribution in [2.75, 3.05) is 0 Å². The molecule has 0 aliphatic carbocycles. The molecule has 6 nitrogen and oxygen atoms in total. The van der Waals surface area contributed by atoms with Gasteiger partial charge in [-0.3, -0.25) is 9.36 Å². The summed E-state index contributed by atoms with van der Waals surface area (Å²) in [7, 11) is 0. The summed E-state index contributed by atoms with van der Waals surface area (Å²) in [5.74, 6) is 0. The number of aromatic nitrogens is 4. The van der Waals surface area contributed by atoms with Gasteiger partial charge in [-0.1, -0.05) is 30.3 Å². The Kier molecular flexibility index (Phi) is 2.90. The van der Waals surface area contributed by atoms with Crippen LogP contribution in [-0.2, 0) is 6.54 Å². The van der Waals surface area contributed by atoms with Gasteiger partial charge < -0.3 is 5.21 Å². The molecule has 2 aromatic heterocycles. The second-order valence-corrected chi connectivity index (χ2v) is 4.33. The summed E-state index contributed by atoms with van der Waals surface area (Å²) in [6.07, 6.45) is 2.70. The number of aryl methyl sites for hydroxylation is 1. The molecule has 6 heteroatoms. The van der Waals surface area contributed by atoms with Crippen molar-refractivity contribution in [1.29, 1.82) is 0 Å². The van der Waals surface area contributed by atoms with E-state index < -0.39 is 0 Å². The maximum absolute atomic E-state index is 12.2. The third-order valence-electron chi connectivity index (χ3n) is 3.09. The van der Waals surface area contributed by atoms with Crippen molar-refractivity contribution in [2.45, 2.75) is 13.5 Å². The molecule has 100 valence electrons. The van der Waals surface area contributed by atoms with Crippen LogP contribution >= 0.6 is 0 Å². The molecule has 0 spiro atoms. The summed E-state index contributed by atoms with van der Waals surface area (Å²) in [5.41, 5.74) is 1.07. The lowest BCUT2D eigenvalue weighted by atomic mass is 10.2. The number of nitrogens with zero attached hydrogens (tertiary/aromatic N) is 4. The number of fused-ring (bicyclic) bond motifs is 1. The largest absolute Gasteiger partial charge is 0.710 e. The van der Waals surface area contributed by atoms with E-state index in [1.54, 1.807) is 0 Å². The van der Waals surface area contributed by atoms with Gasteiger partial charge in [0, 0.05) is 12.1 Å². The van der Waals surface area contributed by atoms with Gasteiger partial charge in [-0.15, -0.1) is 0 Å². The smallest absolute Gasteiger partial charge is 0.359 e. The molecule has 0 unspecified atom stereocenters. The zero-order valence-corrected chi connectivity index (χ0v) is 10.9. The molecule has 1 aromatic carbocycles. The number of hydrogen-bond donors (Lipinski definition) is 0. The van der Waals surface area contributed by atoms with E-state index in [0.717, 1.165) is 5.56 Å². The SMILES string of the molecule is CCn1cnc2c(nc(-c3ccccc3)c[n+]2[O-])c1=O. The Morgan fingerprint density at radius 2 is 2.05 bits per heavy atom. The average Bonchev–Trinajstić information content (AvgIpc) is 2.49. The fourth-order valence-electron chi connectivity index (χ4n) is 2.02. The third-order valence-corrected chi connectivity index (χ3v) is 3.09. The van der Waals surface area contributed by atoms with Crippen LogP contribution in [-0.4, -0.2) is 14.5 Å². The van der Waals surface area contributed by atoms with E-state index in [-0.39, 0.29) is 16.7 Å². The highest BCUT2D eigenvalue weighted by atomic mass is 16.5. The van der Waals surface area contributed by atoms with E-state index in [9.17, 15) is 10.0 Å². The van der Waals surface area contributed by atoms with E-state index in [2.05, 4.69) is 9.97 Å². The molecule has 0 aliphatic rings. The Morgan fingerprint density at radius 3 is 2.75 bits per heavy atom. The van der Waals surface area contributed by atoms with Gasteiger partial charge in [0.2, 0.25) is 11.8 Å². The van der Waals surface area contributed by atoms with E-state index in [1.807, 2.05) is 37.3 Å². The number of hydrogen-bond acceptors (Lipinski definition) is 4. The number of benzene rings is 1. The van der Waals surface area contributed by atoms with Crippen LogP contribution in [0.5, 0.6) is 0 Å². The molecule has 3 aromatic rings. The molecule has 0 saturated heterocycles. The van der Waals surface area contributed by atoms with Gasteiger partial charge >= 0.3 is 5.65 Å². The Morgan fingerprint density at radius 1 is 1.30 bits per heavy atom. The molecule has 0 bridgehead atoms. The fraction of sp³-hybridized carbons (Fsp3) is 0.143. The van der Waals surface area contributed by atoms with Crippen molar-refractivity contribution in [3.05, 3.63) is 58.4 Å². The summed E-state index contributed by atoms with van der Waals surface area (Å²) in [6.45, 7) is 2.32. The van der Waals surface area contributed by atoms with Crippen LogP contribution in [0.4, 0.5) is 0 Å². The molecule has 0 saturated carbocycles. The quantitative estimate of drug-likeness (QED) is 0.515. The molecular formula is C14H12N4O2. The zero-order chi connectivity index (χ0) is 14.1. The Bertz CT molecular complexity index is 828. The summed E-state index contributed by atoms with van der Waals surface area (Å²) >= 11 is 0. The zero-order valence-electron chi connectivity index (χ0n) is 10.9. The summed E-state index contributed by atoms with van der Waals surface area (Å²) in [6, 6.07) is 9.25. The summed E-state index contributed by atoms with van der Waals surface area (Å²) in [5, 5.41) is 12.0. The highest BCUT2D eigenvalue weighted by Gasteiger charge is 2.15. The second kappa shape index (κ2) is 4.73. The lowest BCUT2D eigenvalue weighted by Gasteiger charge is -2.07. The van der Waals surface area contributed by atoms with Crippen LogP contribution < -0.4 is 10.3 Å². The molecule has 0 amide bonds. The molecule has 20 heavy (non-hydrogen) atoms. The van der Waals surface area contributed by atoms with Gasteiger partial charge in [0.25, 0.3) is 5.56 Å². The third kappa shape index (κ3) is 1.91. The topological polar surface area (TPSA) is 74.7 Å². The molecule has 2 heterocycles. The van der Waals surface area contributed by atoms with Gasteiger partial charge in [0.15, 0.2) is 0 Å². The molecule has 0 radical (unpaired) electrons. The first-order chi connectivity index (χ1) is 9.70. The summed E-state index contributed by atoms with van der Waals surface area (Å²) in [4.78, 5) is 20.5. The molecule has 0 aliphatic heterocycles. The minimum Gasteiger partial charge on any atom is -0.710 e. The molecule has 0 atom stereocenters. The lowest BCUT2D eigenvalue weighted by molar-refractivity contribution is -0.579. The first-order valence-corrected chi connectivity index (χ1v) is 6.25. The van der Waals surface area contributed by atoms with Gasteiger partial charge in [-0.2, -0.15) is 0 Å². The minimum absolute atomic E-state index is 0.0411. The maximum atomic E-state index is 12.2. The molecule has 0 fully saturated rings. The van der Waals surface area contributed by atoms with Crippen LogP contribution in [0.3, 0.4) is 0 Å². The summed E-state index contributed by atoms with van der Waals surface area (Å²) < 4.78 is 2.01. The van der Waals surface area contributed by atoms with Gasteiger partial charge in [-0.05, 0) is 11.9 Å². The van der Waals surface area contributed by atoms with Gasteiger partial charge in [-0.25, -0.2) is 9.71 Å². The van der Waals surface area contributed by atoms with Crippen molar-refractivity contribution >= 4 is 11.2 Å². The van der Waals surface area contributed by atoms with E-state index in [1.165, 1.54) is 17.1 Å². The first-order valence-electron chi connectivity index (χ1n) is 6.25. The van der Waals surface area contributed by atoms with Crippen LogP contribution in [0.15, 0.2) is 47.7 Å². The Balaban J connectivity index is 2.33. The minimum atomic E-state index is -0.306. The first kappa shape index (κ1) is 12.3. The predicted molar refractivity (Wildman–Crippen MR) is 73.9 cm³/mol. The van der Waals surface area contributed by atoms with Crippen molar-refractivity contribution in [1.82, 2.24) is 14.5 Å². The van der Waals surface area contributed by atoms with Crippen molar-refractivity contribution in [2.24, 2.45) is 0 Å². The van der Waals surface area contributed by atoms with Crippen LogP contribution in [0.25, 0.3) is 22.4 Å². The highest BCUT2D eigenvalue weighted by molar-refractivity contribution is 5.69. The second-order valence-electron chi connectivity index (χ2n) is 4.33. The van der Waals surface area contributed by atoms with Gasteiger partial charge in [0.1, 0.15) is 11.9 Å². The monoisotopic (exact) mass is 268 g/mol. The van der Waals surface area contributed by atoms with Crippen molar-refractivity contribution in [3.8, 4) is 11.3 Å². The number of rotatable bonds is 2. The molecule has 0 N–H and O–H groups in total.